The number of ether oxygens (including phenoxy) is 1. The third-order valence-corrected chi connectivity index (χ3v) is 6.53. The number of aromatic nitrogens is 1. The molecule has 6 nitrogen and oxygen atoms in total. The van der Waals surface area contributed by atoms with E-state index in [1.54, 1.807) is 0 Å². The first-order valence-electron chi connectivity index (χ1n) is 6.47. The lowest BCUT2D eigenvalue weighted by Crippen LogP contribution is -2.30. The molecule has 0 amide bonds. The number of carbonyl (C=O) groups is 1. The van der Waals surface area contributed by atoms with E-state index in [-0.39, 0.29) is 9.90 Å². The van der Waals surface area contributed by atoms with Crippen molar-refractivity contribution in [3.63, 3.8) is 0 Å². The molecular formula is C12H18N2O4S2. The summed E-state index contributed by atoms with van der Waals surface area (Å²) in [7, 11) is -2.51. The van der Waals surface area contributed by atoms with Crippen molar-refractivity contribution < 1.29 is 17.9 Å². The fourth-order valence-electron chi connectivity index (χ4n) is 2.47. The van der Waals surface area contributed by atoms with Gasteiger partial charge in [-0.05, 0) is 18.3 Å². The van der Waals surface area contributed by atoms with Crippen LogP contribution >= 0.6 is 11.3 Å². The van der Waals surface area contributed by atoms with Gasteiger partial charge in [-0.25, -0.2) is 22.9 Å². The van der Waals surface area contributed by atoms with E-state index >= 15 is 0 Å². The van der Waals surface area contributed by atoms with E-state index in [0.717, 1.165) is 30.6 Å². The highest BCUT2D eigenvalue weighted by atomic mass is 32.2. The molecule has 0 aliphatic heterocycles. The summed E-state index contributed by atoms with van der Waals surface area (Å²) in [5.74, 6) is 0.152. The van der Waals surface area contributed by atoms with Gasteiger partial charge < -0.3 is 4.74 Å². The molecule has 0 aromatic carbocycles. The Morgan fingerprint density at radius 3 is 2.90 bits per heavy atom. The molecular weight excluding hydrogens is 300 g/mol. The number of carbonyl (C=O) groups excluding carboxylic acids is 1. The molecule has 2 unspecified atom stereocenters. The Labute approximate surface area is 122 Å². The Morgan fingerprint density at radius 1 is 1.55 bits per heavy atom. The van der Waals surface area contributed by atoms with E-state index in [4.69, 9.17) is 0 Å². The number of hydrogen-bond donors (Lipinski definition) is 1. The molecule has 1 fully saturated rings. The molecule has 20 heavy (non-hydrogen) atoms. The monoisotopic (exact) mass is 318 g/mol. The zero-order valence-corrected chi connectivity index (χ0v) is 13.1. The summed E-state index contributed by atoms with van der Waals surface area (Å²) in [6.07, 6.45) is 3.32. The van der Waals surface area contributed by atoms with Gasteiger partial charge in [0.1, 0.15) is 0 Å². The van der Waals surface area contributed by atoms with Crippen LogP contribution in [0.2, 0.25) is 0 Å². The first-order valence-corrected chi connectivity index (χ1v) is 8.83. The molecule has 1 N–H and O–H groups in total. The lowest BCUT2D eigenvalue weighted by molar-refractivity contribution is 0.0590. The number of sulfonamides is 1. The average molecular weight is 318 g/mol. The maximum absolute atomic E-state index is 12.2. The van der Waals surface area contributed by atoms with Gasteiger partial charge in [-0.3, -0.25) is 0 Å². The van der Waals surface area contributed by atoms with E-state index in [9.17, 15) is 13.2 Å². The summed E-state index contributed by atoms with van der Waals surface area (Å²) in [6.45, 7) is 2.54. The fraction of sp³-hybridized carbons (Fsp3) is 0.667. The minimum atomic E-state index is -3.71. The summed E-state index contributed by atoms with van der Waals surface area (Å²) >= 11 is 0.921. The predicted octanol–water partition coefficient (Wildman–Crippen LogP) is 1.64. The van der Waals surface area contributed by atoms with Crippen LogP contribution in [0.1, 0.15) is 36.7 Å². The van der Waals surface area contributed by atoms with Crippen molar-refractivity contribution in [2.24, 2.45) is 11.8 Å². The van der Waals surface area contributed by atoms with Crippen LogP contribution in [-0.2, 0) is 14.8 Å². The third kappa shape index (κ3) is 3.18. The van der Waals surface area contributed by atoms with E-state index in [1.165, 1.54) is 12.6 Å². The van der Waals surface area contributed by atoms with Gasteiger partial charge in [0.05, 0.1) is 12.6 Å². The Morgan fingerprint density at radius 2 is 2.30 bits per heavy atom. The van der Waals surface area contributed by atoms with Crippen LogP contribution < -0.4 is 4.72 Å². The van der Waals surface area contributed by atoms with Crippen molar-refractivity contribution >= 4 is 27.3 Å². The van der Waals surface area contributed by atoms with Crippen molar-refractivity contribution in [1.29, 1.82) is 0 Å². The van der Waals surface area contributed by atoms with E-state index in [1.807, 2.05) is 0 Å². The normalized spacial score (nSPS) is 22.9. The van der Waals surface area contributed by atoms with Crippen LogP contribution in [0.5, 0.6) is 0 Å². The summed E-state index contributed by atoms with van der Waals surface area (Å²) in [5.41, 5.74) is 1.18. The topological polar surface area (TPSA) is 85.4 Å². The molecule has 1 aliphatic rings. The van der Waals surface area contributed by atoms with Gasteiger partial charge in [-0.2, -0.15) is 0 Å². The second-order valence-electron chi connectivity index (χ2n) is 5.00. The minimum Gasteiger partial charge on any atom is -0.464 e. The van der Waals surface area contributed by atoms with Gasteiger partial charge in [-0.15, -0.1) is 11.3 Å². The van der Waals surface area contributed by atoms with Gasteiger partial charge in [-0.1, -0.05) is 19.8 Å². The zero-order valence-electron chi connectivity index (χ0n) is 11.5. The molecule has 1 aliphatic carbocycles. The Kier molecular flexibility index (Phi) is 4.77. The number of nitrogens with zero attached hydrogens (tertiary/aromatic N) is 1. The SMILES string of the molecule is COC(=O)c1ncsc1S(=O)(=O)NCC1CCCC1C. The second-order valence-corrected chi connectivity index (χ2v) is 7.82. The molecule has 1 heterocycles. The number of esters is 1. The summed E-state index contributed by atoms with van der Waals surface area (Å²) in [6, 6.07) is 0. The molecule has 112 valence electrons. The minimum absolute atomic E-state index is 0.0741. The summed E-state index contributed by atoms with van der Waals surface area (Å²) in [5, 5.41) is 0. The predicted molar refractivity (Wildman–Crippen MR) is 75.1 cm³/mol. The van der Waals surface area contributed by atoms with Gasteiger partial charge in [0.2, 0.25) is 0 Å². The standard InChI is InChI=1S/C12H18N2O4S2/c1-8-4-3-5-9(8)6-14-20(16,17)12-10(11(15)18-2)13-7-19-12/h7-9,14H,3-6H2,1-2H3. The van der Waals surface area contributed by atoms with Crippen molar-refractivity contribution in [3.8, 4) is 0 Å². The molecule has 1 aromatic rings. The van der Waals surface area contributed by atoms with Crippen molar-refractivity contribution in [2.45, 2.75) is 30.4 Å². The quantitative estimate of drug-likeness (QED) is 0.834. The molecule has 8 heteroatoms. The molecule has 2 rings (SSSR count). The van der Waals surface area contributed by atoms with E-state index in [0.29, 0.717) is 18.4 Å². The number of methoxy groups -OCH3 is 1. The van der Waals surface area contributed by atoms with Crippen LogP contribution in [0.4, 0.5) is 0 Å². The van der Waals surface area contributed by atoms with Crippen molar-refractivity contribution in [3.05, 3.63) is 11.2 Å². The van der Waals surface area contributed by atoms with Gasteiger partial charge >= 0.3 is 5.97 Å². The Hall–Kier alpha value is -0.990. The highest BCUT2D eigenvalue weighted by molar-refractivity contribution is 7.91. The van der Waals surface area contributed by atoms with Gasteiger partial charge in [0.15, 0.2) is 9.90 Å². The smallest absolute Gasteiger partial charge is 0.358 e. The van der Waals surface area contributed by atoms with E-state index < -0.39 is 16.0 Å². The molecule has 0 radical (unpaired) electrons. The second kappa shape index (κ2) is 6.19. The van der Waals surface area contributed by atoms with Crippen molar-refractivity contribution in [1.82, 2.24) is 9.71 Å². The first kappa shape index (κ1) is 15.4. The first-order chi connectivity index (χ1) is 9.45. The fourth-order valence-corrected chi connectivity index (χ4v) is 4.74. The van der Waals surface area contributed by atoms with Crippen LogP contribution in [0.15, 0.2) is 9.72 Å². The molecule has 2 atom stereocenters. The molecule has 1 aromatic heterocycles. The maximum atomic E-state index is 12.2. The largest absolute Gasteiger partial charge is 0.464 e. The van der Waals surface area contributed by atoms with Crippen molar-refractivity contribution in [2.75, 3.05) is 13.7 Å². The molecule has 0 bridgehead atoms. The third-order valence-electron chi connectivity index (χ3n) is 3.73. The van der Waals surface area contributed by atoms with E-state index in [2.05, 4.69) is 21.4 Å². The maximum Gasteiger partial charge on any atom is 0.358 e. The summed E-state index contributed by atoms with van der Waals surface area (Å²) in [4.78, 5) is 15.3. The van der Waals surface area contributed by atoms with Crippen LogP contribution in [0.25, 0.3) is 0 Å². The number of hydrogen-bond acceptors (Lipinski definition) is 6. The van der Waals surface area contributed by atoms with Gasteiger partial charge in [0.25, 0.3) is 10.0 Å². The lowest BCUT2D eigenvalue weighted by Gasteiger charge is -2.15. The Balaban J connectivity index is 2.10. The highest BCUT2D eigenvalue weighted by Gasteiger charge is 2.29. The summed E-state index contributed by atoms with van der Waals surface area (Å²) < 4.78 is 31.6. The lowest BCUT2D eigenvalue weighted by atomic mass is 9.99. The Bertz CT molecular complexity index is 582. The molecule has 0 spiro atoms. The van der Waals surface area contributed by atoms with Gasteiger partial charge in [0, 0.05) is 6.54 Å². The van der Waals surface area contributed by atoms with Crippen LogP contribution in [0, 0.1) is 11.8 Å². The molecule has 0 saturated heterocycles. The number of thiazole rings is 1. The average Bonchev–Trinajstić information content (AvgIpc) is 3.04. The van der Waals surface area contributed by atoms with Crippen LogP contribution in [-0.4, -0.2) is 33.0 Å². The highest BCUT2D eigenvalue weighted by Crippen LogP contribution is 2.31. The number of nitrogens with one attached hydrogen (secondary N) is 1. The zero-order chi connectivity index (χ0) is 14.8. The number of rotatable bonds is 5. The van der Waals surface area contributed by atoms with Crippen LogP contribution in [0.3, 0.4) is 0 Å². The molecule has 1 saturated carbocycles.